The van der Waals surface area contributed by atoms with Gasteiger partial charge in [0.2, 0.25) is 5.76 Å². The van der Waals surface area contributed by atoms with Crippen molar-refractivity contribution in [2.24, 2.45) is 0 Å². The molecule has 182 valence electrons. The predicted octanol–water partition coefficient (Wildman–Crippen LogP) is 4.63. The van der Waals surface area contributed by atoms with Gasteiger partial charge in [0.25, 0.3) is 5.91 Å². The number of nitrogens with zero attached hydrogens (tertiary/aromatic N) is 1. The molecule has 1 saturated heterocycles. The van der Waals surface area contributed by atoms with Crippen molar-refractivity contribution in [2.45, 2.75) is 25.4 Å². The van der Waals surface area contributed by atoms with E-state index in [0.717, 1.165) is 5.56 Å². The molecule has 2 aliphatic rings. The number of hydrogen-bond acceptors (Lipinski definition) is 6. The third-order valence-corrected chi connectivity index (χ3v) is 8.57. The second-order valence-corrected chi connectivity index (χ2v) is 11.6. The molecule has 6 rings (SSSR count). The summed E-state index contributed by atoms with van der Waals surface area (Å²) in [6.45, 7) is 1.88. The number of carbonyl (C=O) groups excluding carboxylic acids is 1. The van der Waals surface area contributed by atoms with E-state index in [-0.39, 0.29) is 28.3 Å². The molecule has 2 aliphatic heterocycles. The summed E-state index contributed by atoms with van der Waals surface area (Å²) >= 11 is 0. The zero-order valence-corrected chi connectivity index (χ0v) is 20.3. The van der Waals surface area contributed by atoms with Crippen LogP contribution in [0.1, 0.15) is 39.7 Å². The largest absolute Gasteiger partial charge is 0.457 e. The van der Waals surface area contributed by atoms with Crippen molar-refractivity contribution >= 4 is 26.7 Å². The SMILES string of the molecule is Cc1ccc2oc3c(c(=O)c2c1)C(c1cccc(Oc2ccccc2)c1)N(C1CCS(=O)(=O)C1)C3=O. The van der Waals surface area contributed by atoms with Crippen molar-refractivity contribution in [1.29, 1.82) is 0 Å². The number of rotatable bonds is 4. The monoisotopic (exact) mass is 501 g/mol. The summed E-state index contributed by atoms with van der Waals surface area (Å²) in [5.41, 5.74) is 1.83. The standard InChI is InChI=1S/C28H23NO6S/c1-17-10-11-23-22(14-17)26(30)24-25(18-6-5-9-21(15-18)34-20-7-3-2-4-8-20)29(28(31)27(24)35-23)19-12-13-36(32,33)16-19/h2-11,14-15,19,25H,12-13,16H2,1H3. The van der Waals surface area contributed by atoms with E-state index >= 15 is 0 Å². The molecule has 0 saturated carbocycles. The highest BCUT2D eigenvalue weighted by atomic mass is 32.2. The second kappa shape index (κ2) is 8.34. The molecule has 36 heavy (non-hydrogen) atoms. The van der Waals surface area contributed by atoms with Crippen LogP contribution < -0.4 is 10.2 Å². The Morgan fingerprint density at radius 1 is 0.944 bits per heavy atom. The minimum atomic E-state index is -3.28. The summed E-state index contributed by atoms with van der Waals surface area (Å²) in [4.78, 5) is 29.0. The van der Waals surface area contributed by atoms with Crippen molar-refractivity contribution in [3.05, 3.63) is 105 Å². The lowest BCUT2D eigenvalue weighted by Crippen LogP contribution is -2.40. The average Bonchev–Trinajstić information content (AvgIpc) is 3.36. The molecule has 2 atom stereocenters. The van der Waals surface area contributed by atoms with Gasteiger partial charge in [0, 0.05) is 6.04 Å². The molecule has 7 nitrogen and oxygen atoms in total. The highest BCUT2D eigenvalue weighted by Gasteiger charge is 2.48. The van der Waals surface area contributed by atoms with Gasteiger partial charge in [-0.3, -0.25) is 9.59 Å². The van der Waals surface area contributed by atoms with E-state index in [2.05, 4.69) is 0 Å². The lowest BCUT2D eigenvalue weighted by Gasteiger charge is -2.30. The Hall–Kier alpha value is -3.91. The first kappa shape index (κ1) is 22.5. The molecule has 0 bridgehead atoms. The molecular formula is C28H23NO6S. The first-order valence-corrected chi connectivity index (χ1v) is 13.6. The normalized spacial score (nSPS) is 20.6. The minimum Gasteiger partial charge on any atom is -0.457 e. The molecule has 1 aromatic heterocycles. The maximum Gasteiger partial charge on any atom is 0.291 e. The lowest BCUT2D eigenvalue weighted by atomic mass is 9.97. The third kappa shape index (κ3) is 3.78. The van der Waals surface area contributed by atoms with Gasteiger partial charge in [-0.05, 0) is 55.3 Å². The molecule has 3 aromatic carbocycles. The van der Waals surface area contributed by atoms with Crippen LogP contribution in [0.15, 0.2) is 82.0 Å². The molecule has 1 amide bonds. The quantitative estimate of drug-likeness (QED) is 0.405. The number of amides is 1. The van der Waals surface area contributed by atoms with Gasteiger partial charge in [0.1, 0.15) is 17.1 Å². The van der Waals surface area contributed by atoms with Gasteiger partial charge in [0.05, 0.1) is 28.5 Å². The lowest BCUT2D eigenvalue weighted by molar-refractivity contribution is 0.0662. The van der Waals surface area contributed by atoms with E-state index in [4.69, 9.17) is 9.15 Å². The summed E-state index contributed by atoms with van der Waals surface area (Å²) in [6, 6.07) is 20.4. The Kier molecular flexibility index (Phi) is 5.22. The molecule has 1 fully saturated rings. The van der Waals surface area contributed by atoms with Crippen molar-refractivity contribution in [3.63, 3.8) is 0 Å². The average molecular weight is 502 g/mol. The fourth-order valence-electron chi connectivity index (χ4n) is 5.18. The Balaban J connectivity index is 1.53. The van der Waals surface area contributed by atoms with Crippen LogP contribution in [0, 0.1) is 6.92 Å². The molecule has 0 spiro atoms. The summed E-state index contributed by atoms with van der Waals surface area (Å²) in [5.74, 6) is 0.559. The van der Waals surface area contributed by atoms with E-state index in [1.54, 1.807) is 30.3 Å². The number of carbonyl (C=O) groups is 1. The van der Waals surface area contributed by atoms with E-state index < -0.39 is 27.8 Å². The van der Waals surface area contributed by atoms with Crippen LogP contribution >= 0.6 is 0 Å². The van der Waals surface area contributed by atoms with Crippen LogP contribution in [-0.2, 0) is 9.84 Å². The highest BCUT2D eigenvalue weighted by Crippen LogP contribution is 2.42. The summed E-state index contributed by atoms with van der Waals surface area (Å²) in [5, 5.41) is 0.393. The van der Waals surface area contributed by atoms with Crippen LogP contribution in [-0.4, -0.2) is 36.8 Å². The molecule has 0 aliphatic carbocycles. The molecule has 0 radical (unpaired) electrons. The van der Waals surface area contributed by atoms with Crippen LogP contribution in [0.5, 0.6) is 11.5 Å². The van der Waals surface area contributed by atoms with Gasteiger partial charge in [-0.2, -0.15) is 0 Å². The van der Waals surface area contributed by atoms with Gasteiger partial charge >= 0.3 is 0 Å². The summed E-state index contributed by atoms with van der Waals surface area (Å²) in [6.07, 6.45) is 0.311. The number of para-hydroxylation sites is 1. The predicted molar refractivity (Wildman–Crippen MR) is 135 cm³/mol. The maximum absolute atomic E-state index is 13.8. The molecule has 8 heteroatoms. The van der Waals surface area contributed by atoms with Crippen molar-refractivity contribution in [3.8, 4) is 11.5 Å². The van der Waals surface area contributed by atoms with Gasteiger partial charge in [-0.15, -0.1) is 0 Å². The van der Waals surface area contributed by atoms with Crippen molar-refractivity contribution in [1.82, 2.24) is 4.90 Å². The molecular weight excluding hydrogens is 478 g/mol. The third-order valence-electron chi connectivity index (χ3n) is 6.82. The second-order valence-electron chi connectivity index (χ2n) is 9.33. The van der Waals surface area contributed by atoms with Crippen LogP contribution in [0.25, 0.3) is 11.0 Å². The first-order valence-electron chi connectivity index (χ1n) is 11.7. The van der Waals surface area contributed by atoms with Crippen LogP contribution in [0.4, 0.5) is 0 Å². The minimum absolute atomic E-state index is 0.00418. The number of aryl methyl sites for hydroxylation is 1. The highest BCUT2D eigenvalue weighted by molar-refractivity contribution is 7.91. The fraction of sp³-hybridized carbons (Fsp3) is 0.214. The van der Waals surface area contributed by atoms with E-state index in [1.165, 1.54) is 4.90 Å². The smallest absolute Gasteiger partial charge is 0.291 e. The molecule has 2 unspecified atom stereocenters. The molecule has 0 N–H and O–H groups in total. The fourth-order valence-corrected chi connectivity index (χ4v) is 6.89. The zero-order chi connectivity index (χ0) is 25.0. The Labute approximate surface area is 207 Å². The number of ether oxygens (including phenoxy) is 1. The molecule has 4 aromatic rings. The van der Waals surface area contributed by atoms with Crippen molar-refractivity contribution in [2.75, 3.05) is 11.5 Å². The topological polar surface area (TPSA) is 93.9 Å². The van der Waals surface area contributed by atoms with Gasteiger partial charge in [-0.1, -0.05) is 42.0 Å². The van der Waals surface area contributed by atoms with Gasteiger partial charge < -0.3 is 14.1 Å². The Bertz CT molecular complexity index is 1680. The van der Waals surface area contributed by atoms with Crippen LogP contribution in [0.2, 0.25) is 0 Å². The Morgan fingerprint density at radius 2 is 1.72 bits per heavy atom. The first-order chi connectivity index (χ1) is 17.3. The van der Waals surface area contributed by atoms with Crippen molar-refractivity contribution < 1.29 is 22.4 Å². The Morgan fingerprint density at radius 3 is 2.47 bits per heavy atom. The summed E-state index contributed by atoms with van der Waals surface area (Å²) in [7, 11) is -3.28. The zero-order valence-electron chi connectivity index (χ0n) is 19.5. The number of hydrogen-bond donors (Lipinski definition) is 0. The number of fused-ring (bicyclic) bond motifs is 2. The van der Waals surface area contributed by atoms with Gasteiger partial charge in [0.15, 0.2) is 15.3 Å². The van der Waals surface area contributed by atoms with E-state index in [1.807, 2.05) is 49.4 Å². The van der Waals surface area contributed by atoms with E-state index in [9.17, 15) is 18.0 Å². The summed E-state index contributed by atoms with van der Waals surface area (Å²) < 4.78 is 36.7. The molecule has 3 heterocycles. The van der Waals surface area contributed by atoms with E-state index in [0.29, 0.717) is 34.5 Å². The van der Waals surface area contributed by atoms with Gasteiger partial charge in [-0.25, -0.2) is 8.42 Å². The maximum atomic E-state index is 13.8. The number of benzene rings is 3. The van der Waals surface area contributed by atoms with Crippen LogP contribution in [0.3, 0.4) is 0 Å². The number of sulfone groups is 1.